The van der Waals surface area contributed by atoms with Crippen molar-refractivity contribution in [2.45, 2.75) is 19.9 Å². The van der Waals surface area contributed by atoms with Crippen LogP contribution >= 0.6 is 0 Å². The van der Waals surface area contributed by atoms with Crippen molar-refractivity contribution in [1.29, 1.82) is 0 Å². The fraction of sp³-hybridized carbons (Fsp3) is 0.190. The standard InChI is InChI=1S/C21H21N5O/c1-16-23-14-19(25-16)21-20(17-7-3-2-4-8-17)24-15-26(21)11-6-12-27-18-9-5-10-22-13-18/h2-5,7-10,13-15H,6,11-12H2,1H3,(H,23,25). The summed E-state index contributed by atoms with van der Waals surface area (Å²) in [6, 6.07) is 14.0. The third-order valence-corrected chi connectivity index (χ3v) is 4.29. The van der Waals surface area contributed by atoms with Crippen LogP contribution in [0.2, 0.25) is 0 Å². The van der Waals surface area contributed by atoms with E-state index in [1.807, 2.05) is 49.8 Å². The lowest BCUT2D eigenvalue weighted by Crippen LogP contribution is -2.05. The maximum atomic E-state index is 5.75. The van der Waals surface area contributed by atoms with Crippen LogP contribution in [0.15, 0.2) is 67.4 Å². The van der Waals surface area contributed by atoms with Crippen LogP contribution in [0.1, 0.15) is 12.2 Å². The van der Waals surface area contributed by atoms with Crippen LogP contribution in [0.4, 0.5) is 0 Å². The molecule has 0 aliphatic rings. The van der Waals surface area contributed by atoms with E-state index >= 15 is 0 Å². The first-order valence-electron chi connectivity index (χ1n) is 8.96. The van der Waals surface area contributed by atoms with Gasteiger partial charge in [-0.05, 0) is 25.5 Å². The second kappa shape index (κ2) is 7.86. The molecule has 0 unspecified atom stereocenters. The second-order valence-corrected chi connectivity index (χ2v) is 6.27. The molecule has 0 saturated carbocycles. The molecule has 6 nitrogen and oxygen atoms in total. The fourth-order valence-electron chi connectivity index (χ4n) is 3.04. The van der Waals surface area contributed by atoms with Crippen molar-refractivity contribution in [3.05, 3.63) is 73.2 Å². The summed E-state index contributed by atoms with van der Waals surface area (Å²) in [6.45, 7) is 3.37. The number of nitrogens with zero attached hydrogens (tertiary/aromatic N) is 4. The number of pyridine rings is 1. The first-order valence-corrected chi connectivity index (χ1v) is 8.96. The summed E-state index contributed by atoms with van der Waals surface area (Å²) in [4.78, 5) is 16.4. The number of nitrogens with one attached hydrogen (secondary N) is 1. The van der Waals surface area contributed by atoms with Gasteiger partial charge in [0, 0.05) is 18.3 Å². The number of rotatable bonds is 7. The number of imidazole rings is 2. The van der Waals surface area contributed by atoms with Gasteiger partial charge in [0.25, 0.3) is 0 Å². The van der Waals surface area contributed by atoms with E-state index in [2.05, 4.69) is 36.6 Å². The van der Waals surface area contributed by atoms with Gasteiger partial charge in [-0.2, -0.15) is 0 Å². The number of aromatic nitrogens is 5. The highest BCUT2D eigenvalue weighted by molar-refractivity contribution is 5.76. The Balaban J connectivity index is 1.54. The molecule has 0 aliphatic carbocycles. The molecule has 0 amide bonds. The predicted molar refractivity (Wildman–Crippen MR) is 104 cm³/mol. The summed E-state index contributed by atoms with van der Waals surface area (Å²) < 4.78 is 7.91. The highest BCUT2D eigenvalue weighted by Gasteiger charge is 2.16. The molecular formula is C21H21N5O. The van der Waals surface area contributed by atoms with E-state index in [0.717, 1.165) is 47.2 Å². The topological polar surface area (TPSA) is 68.6 Å². The van der Waals surface area contributed by atoms with E-state index in [-0.39, 0.29) is 0 Å². The first kappa shape index (κ1) is 17.0. The fourth-order valence-corrected chi connectivity index (χ4v) is 3.04. The van der Waals surface area contributed by atoms with Crippen molar-refractivity contribution in [2.24, 2.45) is 0 Å². The zero-order valence-corrected chi connectivity index (χ0v) is 15.2. The Morgan fingerprint density at radius 2 is 1.93 bits per heavy atom. The number of H-pyrrole nitrogens is 1. The van der Waals surface area contributed by atoms with E-state index < -0.39 is 0 Å². The Bertz CT molecular complexity index is 992. The molecule has 1 N–H and O–H groups in total. The Hall–Kier alpha value is -3.41. The Labute approximate surface area is 157 Å². The van der Waals surface area contributed by atoms with E-state index in [9.17, 15) is 0 Å². The minimum Gasteiger partial charge on any atom is -0.492 e. The molecule has 0 spiro atoms. The molecule has 0 saturated heterocycles. The van der Waals surface area contributed by atoms with E-state index in [4.69, 9.17) is 4.74 Å². The zero-order chi connectivity index (χ0) is 18.5. The van der Waals surface area contributed by atoms with Crippen molar-refractivity contribution in [3.63, 3.8) is 0 Å². The molecule has 3 aromatic heterocycles. The summed E-state index contributed by atoms with van der Waals surface area (Å²) in [6.07, 6.45) is 8.07. The molecule has 27 heavy (non-hydrogen) atoms. The Kier molecular flexibility index (Phi) is 4.96. The quantitative estimate of drug-likeness (QED) is 0.504. The van der Waals surface area contributed by atoms with Crippen molar-refractivity contribution < 1.29 is 4.74 Å². The zero-order valence-electron chi connectivity index (χ0n) is 15.2. The van der Waals surface area contributed by atoms with Crippen LogP contribution < -0.4 is 4.74 Å². The van der Waals surface area contributed by atoms with Crippen LogP contribution in [0.3, 0.4) is 0 Å². The monoisotopic (exact) mass is 359 g/mol. The predicted octanol–water partition coefficient (Wildman–Crippen LogP) is 4.11. The largest absolute Gasteiger partial charge is 0.492 e. The summed E-state index contributed by atoms with van der Waals surface area (Å²) in [5, 5.41) is 0. The van der Waals surface area contributed by atoms with Gasteiger partial charge in [0.15, 0.2) is 0 Å². The number of hydrogen-bond acceptors (Lipinski definition) is 4. The lowest BCUT2D eigenvalue weighted by atomic mass is 10.1. The smallest absolute Gasteiger partial charge is 0.137 e. The van der Waals surface area contributed by atoms with Gasteiger partial charge in [0.2, 0.25) is 0 Å². The van der Waals surface area contributed by atoms with Gasteiger partial charge in [-0.3, -0.25) is 4.98 Å². The van der Waals surface area contributed by atoms with Gasteiger partial charge in [0.1, 0.15) is 11.6 Å². The van der Waals surface area contributed by atoms with Crippen LogP contribution in [-0.2, 0) is 6.54 Å². The highest BCUT2D eigenvalue weighted by atomic mass is 16.5. The summed E-state index contributed by atoms with van der Waals surface area (Å²) >= 11 is 0. The van der Waals surface area contributed by atoms with Gasteiger partial charge < -0.3 is 14.3 Å². The maximum absolute atomic E-state index is 5.75. The van der Waals surface area contributed by atoms with Gasteiger partial charge >= 0.3 is 0 Å². The molecule has 0 fully saturated rings. The molecule has 0 bridgehead atoms. The molecule has 0 atom stereocenters. The molecular weight excluding hydrogens is 338 g/mol. The number of aryl methyl sites for hydroxylation is 2. The summed E-state index contributed by atoms with van der Waals surface area (Å²) in [7, 11) is 0. The van der Waals surface area contributed by atoms with Crippen molar-refractivity contribution >= 4 is 0 Å². The molecule has 136 valence electrons. The second-order valence-electron chi connectivity index (χ2n) is 6.27. The SMILES string of the molecule is Cc1ncc(-c2c(-c3ccccc3)ncn2CCCOc2cccnc2)[nH]1. The third-order valence-electron chi connectivity index (χ3n) is 4.29. The normalized spacial score (nSPS) is 10.9. The molecule has 4 aromatic rings. The molecule has 4 rings (SSSR count). The highest BCUT2D eigenvalue weighted by Crippen LogP contribution is 2.30. The Morgan fingerprint density at radius 3 is 2.67 bits per heavy atom. The van der Waals surface area contributed by atoms with Crippen LogP contribution in [0.5, 0.6) is 5.75 Å². The van der Waals surface area contributed by atoms with Crippen LogP contribution in [-0.4, -0.2) is 31.1 Å². The molecule has 6 heteroatoms. The lowest BCUT2D eigenvalue weighted by molar-refractivity contribution is 0.301. The van der Waals surface area contributed by atoms with Gasteiger partial charge in [-0.25, -0.2) is 9.97 Å². The summed E-state index contributed by atoms with van der Waals surface area (Å²) in [5.74, 6) is 1.68. The summed E-state index contributed by atoms with van der Waals surface area (Å²) in [5.41, 5.74) is 4.05. The lowest BCUT2D eigenvalue weighted by Gasteiger charge is -2.10. The average molecular weight is 359 g/mol. The van der Waals surface area contributed by atoms with E-state index in [1.165, 1.54) is 0 Å². The number of benzene rings is 1. The minimum atomic E-state index is 0.617. The number of ether oxygens (including phenoxy) is 1. The Morgan fingerprint density at radius 1 is 1.04 bits per heavy atom. The van der Waals surface area contributed by atoms with Crippen molar-refractivity contribution in [3.8, 4) is 28.4 Å². The van der Waals surface area contributed by atoms with Gasteiger partial charge in [-0.15, -0.1) is 0 Å². The van der Waals surface area contributed by atoms with Crippen molar-refractivity contribution in [1.82, 2.24) is 24.5 Å². The first-order chi connectivity index (χ1) is 13.3. The van der Waals surface area contributed by atoms with Crippen LogP contribution in [0.25, 0.3) is 22.6 Å². The van der Waals surface area contributed by atoms with Crippen molar-refractivity contribution in [2.75, 3.05) is 6.61 Å². The van der Waals surface area contributed by atoms with E-state index in [0.29, 0.717) is 6.61 Å². The molecule has 0 radical (unpaired) electrons. The molecule has 1 aromatic carbocycles. The molecule has 3 heterocycles. The van der Waals surface area contributed by atoms with Gasteiger partial charge in [0.05, 0.1) is 42.4 Å². The van der Waals surface area contributed by atoms with Crippen LogP contribution in [0, 0.1) is 6.92 Å². The molecule has 0 aliphatic heterocycles. The maximum Gasteiger partial charge on any atom is 0.137 e. The third kappa shape index (κ3) is 3.89. The number of aromatic amines is 1. The number of hydrogen-bond donors (Lipinski definition) is 1. The average Bonchev–Trinajstić information content (AvgIpc) is 3.32. The van der Waals surface area contributed by atoms with Gasteiger partial charge in [-0.1, -0.05) is 30.3 Å². The van der Waals surface area contributed by atoms with E-state index in [1.54, 1.807) is 12.4 Å². The minimum absolute atomic E-state index is 0.617.